The third kappa shape index (κ3) is 13.9. The maximum atomic E-state index is 7.09. The molecule has 3 aliphatic carbocycles. The van der Waals surface area contributed by atoms with Gasteiger partial charge >= 0.3 is 0 Å². The van der Waals surface area contributed by atoms with Crippen LogP contribution in [0.5, 0.6) is 0 Å². The van der Waals surface area contributed by atoms with Gasteiger partial charge in [0.25, 0.3) is 0 Å². The number of nitrogens with zero attached hydrogens (tertiary/aromatic N) is 4. The third-order valence-electron chi connectivity index (χ3n) is 25.9. The first-order valence-corrected chi connectivity index (χ1v) is 43.0. The molecule has 110 heavy (non-hydrogen) atoms. The van der Waals surface area contributed by atoms with Crippen LogP contribution in [0, 0.1) is 0 Å². The Morgan fingerprint density at radius 3 is 1.31 bits per heavy atom. The molecule has 3 aromatic heterocycles. The average molecular weight is 1450 g/mol. The number of hydrogen-bond donors (Lipinski definition) is 0. The Morgan fingerprint density at radius 2 is 0.764 bits per heavy atom. The van der Waals surface area contributed by atoms with Gasteiger partial charge in [-0.2, -0.15) is 9.97 Å². The first-order chi connectivity index (χ1) is 53.8. The van der Waals surface area contributed by atoms with Crippen molar-refractivity contribution in [2.24, 2.45) is 0 Å². The lowest BCUT2D eigenvalue weighted by molar-refractivity contribution is 0.394. The van der Waals surface area contributed by atoms with Crippen LogP contribution < -0.4 is 4.90 Å². The van der Waals surface area contributed by atoms with Gasteiger partial charge in [-0.1, -0.05) is 356 Å². The van der Waals surface area contributed by atoms with Gasteiger partial charge in [-0.25, -0.2) is 4.98 Å². The van der Waals surface area contributed by atoms with E-state index in [0.29, 0.717) is 17.6 Å². The molecule has 0 radical (unpaired) electrons. The van der Waals surface area contributed by atoms with Crippen LogP contribution in [0.25, 0.3) is 111 Å². The Hall–Kier alpha value is -9.39. The number of benzene rings is 10. The second-order valence-corrected chi connectivity index (χ2v) is 34.5. The van der Waals surface area contributed by atoms with Gasteiger partial charge in [0, 0.05) is 65.9 Å². The fraction of sp³-hybridized carbons (Fsp3) is 0.394. The van der Waals surface area contributed by atoms with Crippen LogP contribution >= 0.6 is 0 Å². The summed E-state index contributed by atoms with van der Waals surface area (Å²) in [6.07, 6.45) is 34.7. The zero-order valence-corrected chi connectivity index (χ0v) is 67.5. The van der Waals surface area contributed by atoms with Crippen molar-refractivity contribution >= 4 is 61.2 Å². The molecule has 0 bridgehead atoms. The van der Waals surface area contributed by atoms with Crippen molar-refractivity contribution in [3.63, 3.8) is 0 Å². The maximum absolute atomic E-state index is 7.09. The van der Waals surface area contributed by atoms with Crippen LogP contribution in [0.15, 0.2) is 209 Å². The van der Waals surface area contributed by atoms with Crippen LogP contribution in [0.2, 0.25) is 0 Å². The van der Waals surface area contributed by atoms with Crippen molar-refractivity contribution < 1.29 is 8.83 Å². The monoisotopic (exact) mass is 1450 g/mol. The number of anilines is 3. The summed E-state index contributed by atoms with van der Waals surface area (Å²) in [6, 6.07) is 75.8. The Bertz CT molecular complexity index is 5320. The molecular weight excluding hydrogens is 1340 g/mol. The first kappa shape index (κ1) is 74.7. The molecule has 0 aliphatic heterocycles. The zero-order valence-electron chi connectivity index (χ0n) is 67.5. The van der Waals surface area contributed by atoms with E-state index in [1.807, 2.05) is 0 Å². The number of furan rings is 2. The summed E-state index contributed by atoms with van der Waals surface area (Å²) in [5.74, 6) is 1.86. The van der Waals surface area contributed by atoms with E-state index in [2.05, 4.69) is 267 Å². The van der Waals surface area contributed by atoms with Crippen molar-refractivity contribution in [2.75, 3.05) is 4.90 Å². The fourth-order valence-corrected chi connectivity index (χ4v) is 19.9. The second-order valence-electron chi connectivity index (χ2n) is 34.5. The predicted molar refractivity (Wildman–Crippen MR) is 466 cm³/mol. The highest BCUT2D eigenvalue weighted by molar-refractivity contribution is 6.19. The number of aromatic nitrogens is 3. The molecule has 564 valence electrons. The molecule has 0 spiro atoms. The predicted octanol–water partition coefficient (Wildman–Crippen LogP) is 31.3. The normalized spacial score (nSPS) is 14.2. The van der Waals surface area contributed by atoms with Gasteiger partial charge in [0.15, 0.2) is 11.6 Å². The molecule has 0 unspecified atom stereocenters. The van der Waals surface area contributed by atoms with Gasteiger partial charge in [0.2, 0.25) is 5.95 Å². The molecule has 13 aromatic rings. The van der Waals surface area contributed by atoms with Crippen molar-refractivity contribution in [2.45, 2.75) is 264 Å². The molecule has 0 amide bonds. The van der Waals surface area contributed by atoms with Gasteiger partial charge in [0.05, 0.1) is 0 Å². The molecule has 6 heteroatoms. The quantitative estimate of drug-likeness (QED) is 0.0374. The molecular formula is C104H116N4O2. The highest BCUT2D eigenvalue weighted by Crippen LogP contribution is 2.64. The standard InChI is InChI=1S/C104H116N4O2/c1-10-14-18-22-26-40-62-103(63-41-27-23-19-15-11-2)84-60-61-92-95(79-48-36-38-50-90(79)109-92)94(84)83-70-87-82(69-88(83)103)77-58-56-76(67-86(77)104(87,64-42-28-24-20-16-12-3)65-43-29-25-21-17-13-4)108(100-106-98(72-44-32-30-33-45-72)105-99(107-100)73-46-34-31-35-47-73)75-57-59-78-85(66-75)102(8,9)89-68-81(71-52-54-74(55-53-71)101(5,6)7)97-96(93(78)89)80-49-37-39-51-91(80)110-97/h30-39,44-61,66-70H,10-29,40-43,62-65H2,1-9H3. The molecule has 3 aliphatic rings. The largest absolute Gasteiger partial charge is 0.456 e. The van der Waals surface area contributed by atoms with Gasteiger partial charge in [-0.3, -0.25) is 4.90 Å². The Kier molecular flexibility index (Phi) is 21.8. The van der Waals surface area contributed by atoms with E-state index >= 15 is 0 Å². The zero-order chi connectivity index (χ0) is 75.6. The fourth-order valence-electron chi connectivity index (χ4n) is 19.9. The van der Waals surface area contributed by atoms with Crippen LogP contribution in [-0.4, -0.2) is 15.0 Å². The average Bonchev–Trinajstić information content (AvgIpc) is 1.53. The minimum Gasteiger partial charge on any atom is -0.456 e. The van der Waals surface area contributed by atoms with Crippen LogP contribution in [-0.2, 0) is 21.7 Å². The van der Waals surface area contributed by atoms with E-state index in [4.69, 9.17) is 23.8 Å². The summed E-state index contributed by atoms with van der Waals surface area (Å²) in [6.45, 7) is 21.2. The minimum atomic E-state index is -0.432. The van der Waals surface area contributed by atoms with E-state index in [0.717, 1.165) is 99.9 Å². The SMILES string of the molecule is CCCCCCCCC1(CCCCCCCC)c2cc(N(c3ccc4c(c3)C(C)(C)c3cc(-c5ccc(C(C)(C)C)cc5)c5oc6ccccc6c5c3-4)c3nc(-c4ccccc4)nc(-c4ccccc4)n3)ccc2-c2cc3c(cc21)-c1c(ccc2oc4ccccc4c12)C3(CCCCCCCC)CCCCCCCC. The lowest BCUT2D eigenvalue weighted by Gasteiger charge is -2.35. The smallest absolute Gasteiger partial charge is 0.238 e. The van der Waals surface area contributed by atoms with Crippen molar-refractivity contribution in [1.82, 2.24) is 15.0 Å². The molecule has 10 aromatic carbocycles. The Morgan fingerprint density at radius 1 is 0.327 bits per heavy atom. The molecule has 0 atom stereocenters. The van der Waals surface area contributed by atoms with Crippen LogP contribution in [0.3, 0.4) is 0 Å². The van der Waals surface area contributed by atoms with Crippen LogP contribution in [0.4, 0.5) is 17.3 Å². The number of rotatable bonds is 34. The van der Waals surface area contributed by atoms with E-state index in [1.165, 1.54) is 224 Å². The molecule has 0 fully saturated rings. The number of hydrogen-bond acceptors (Lipinski definition) is 6. The number of fused-ring (bicyclic) bond motifs is 17. The molecule has 0 saturated heterocycles. The van der Waals surface area contributed by atoms with Gasteiger partial charge < -0.3 is 8.83 Å². The summed E-state index contributed by atoms with van der Waals surface area (Å²) >= 11 is 0. The van der Waals surface area contributed by atoms with Crippen LogP contribution in [0.1, 0.15) is 281 Å². The molecule has 0 saturated carbocycles. The lowest BCUT2D eigenvalue weighted by Crippen LogP contribution is -2.27. The Labute approximate surface area is 656 Å². The summed E-state index contributed by atoms with van der Waals surface area (Å²) < 4.78 is 14.1. The lowest BCUT2D eigenvalue weighted by atomic mass is 9.68. The summed E-state index contributed by atoms with van der Waals surface area (Å²) in [5.41, 5.74) is 27.3. The summed E-state index contributed by atoms with van der Waals surface area (Å²) in [7, 11) is 0. The molecule has 6 nitrogen and oxygen atoms in total. The highest BCUT2D eigenvalue weighted by Gasteiger charge is 2.50. The van der Waals surface area contributed by atoms with E-state index in [1.54, 1.807) is 5.56 Å². The van der Waals surface area contributed by atoms with Gasteiger partial charge in [0.1, 0.15) is 22.3 Å². The molecule has 0 N–H and O–H groups in total. The van der Waals surface area contributed by atoms with Crippen molar-refractivity contribution in [3.05, 3.63) is 239 Å². The van der Waals surface area contributed by atoms with E-state index in [-0.39, 0.29) is 16.2 Å². The van der Waals surface area contributed by atoms with Crippen molar-refractivity contribution in [3.8, 4) is 67.3 Å². The molecule has 3 heterocycles. The highest BCUT2D eigenvalue weighted by atomic mass is 16.3. The van der Waals surface area contributed by atoms with Gasteiger partial charge in [-0.15, -0.1) is 0 Å². The first-order valence-electron chi connectivity index (χ1n) is 43.0. The Balaban J connectivity index is 0.930. The maximum Gasteiger partial charge on any atom is 0.238 e. The number of para-hydroxylation sites is 2. The van der Waals surface area contributed by atoms with E-state index < -0.39 is 5.41 Å². The van der Waals surface area contributed by atoms with Gasteiger partial charge in [-0.05, 0) is 170 Å². The van der Waals surface area contributed by atoms with Crippen molar-refractivity contribution in [1.29, 1.82) is 0 Å². The number of unbranched alkanes of at least 4 members (excludes halogenated alkanes) is 20. The molecule has 16 rings (SSSR count). The van der Waals surface area contributed by atoms with E-state index in [9.17, 15) is 0 Å². The summed E-state index contributed by atoms with van der Waals surface area (Å²) in [5, 5.41) is 4.84. The minimum absolute atomic E-state index is 0.0223. The summed E-state index contributed by atoms with van der Waals surface area (Å²) in [4.78, 5) is 19.2. The second kappa shape index (κ2) is 32.1. The topological polar surface area (TPSA) is 68.2 Å². The third-order valence-corrected chi connectivity index (χ3v) is 25.9.